The second-order valence-electron chi connectivity index (χ2n) is 7.06. The van der Waals surface area contributed by atoms with E-state index >= 15 is 0 Å². The summed E-state index contributed by atoms with van der Waals surface area (Å²) in [6.45, 7) is 0. The number of ketones is 1. The van der Waals surface area contributed by atoms with Crippen LogP contribution in [0.1, 0.15) is 29.0 Å². The molecule has 3 nitrogen and oxygen atoms in total. The van der Waals surface area contributed by atoms with E-state index in [2.05, 4.69) is 0 Å². The van der Waals surface area contributed by atoms with Crippen LogP contribution in [-0.2, 0) is 16.0 Å². The number of Topliss-reactive ketones (excluding diaryl/α,β-unsaturated/α-hetero) is 1. The molecule has 1 saturated carbocycles. The number of fused-ring (bicyclic) bond motifs is 4. The first kappa shape index (κ1) is 15.4. The van der Waals surface area contributed by atoms with Gasteiger partial charge in [0.05, 0.1) is 0 Å². The predicted octanol–water partition coefficient (Wildman–Crippen LogP) is 3.92. The fraction of sp³-hybridized carbons (Fsp3) is 0.174. The lowest BCUT2D eigenvalue weighted by atomic mass is 9.77. The maximum atomic E-state index is 13.6. The van der Waals surface area contributed by atoms with Crippen LogP contribution < -0.4 is 4.74 Å². The van der Waals surface area contributed by atoms with Gasteiger partial charge in [0.1, 0.15) is 5.75 Å². The second-order valence-corrected chi connectivity index (χ2v) is 7.06. The molecule has 0 amide bonds. The summed E-state index contributed by atoms with van der Waals surface area (Å²) in [5.74, 6) is 0.0386. The SMILES string of the molecule is O=C1C2(c3ccccc3)Oc3ccccc3[C@]1(O)C[C@H]2c1ccccc1. The van der Waals surface area contributed by atoms with Crippen molar-refractivity contribution in [1.29, 1.82) is 0 Å². The molecule has 128 valence electrons. The molecule has 1 heterocycles. The molecule has 2 aliphatic rings. The number of rotatable bonds is 2. The highest BCUT2D eigenvalue weighted by Crippen LogP contribution is 2.61. The van der Waals surface area contributed by atoms with Crippen molar-refractivity contribution in [3.05, 3.63) is 102 Å². The number of aliphatic hydroxyl groups is 1. The highest BCUT2D eigenvalue weighted by atomic mass is 16.5. The van der Waals surface area contributed by atoms with Gasteiger partial charge in [-0.05, 0) is 18.1 Å². The van der Waals surface area contributed by atoms with E-state index in [1.54, 1.807) is 6.07 Å². The van der Waals surface area contributed by atoms with E-state index in [1.165, 1.54) is 0 Å². The summed E-state index contributed by atoms with van der Waals surface area (Å²) < 4.78 is 6.43. The summed E-state index contributed by atoms with van der Waals surface area (Å²) in [7, 11) is 0. The van der Waals surface area contributed by atoms with Gasteiger partial charge in [-0.3, -0.25) is 4.79 Å². The molecule has 1 N–H and O–H groups in total. The smallest absolute Gasteiger partial charge is 0.217 e. The van der Waals surface area contributed by atoms with Crippen LogP contribution in [0.3, 0.4) is 0 Å². The van der Waals surface area contributed by atoms with Crippen LogP contribution in [0.25, 0.3) is 0 Å². The average molecular weight is 342 g/mol. The third-order valence-electron chi connectivity index (χ3n) is 5.71. The maximum Gasteiger partial charge on any atom is 0.217 e. The van der Waals surface area contributed by atoms with Crippen molar-refractivity contribution in [2.75, 3.05) is 0 Å². The van der Waals surface area contributed by atoms with Gasteiger partial charge in [0.15, 0.2) is 5.60 Å². The first-order chi connectivity index (χ1) is 12.7. The van der Waals surface area contributed by atoms with Crippen LogP contribution in [0.4, 0.5) is 0 Å². The third kappa shape index (κ3) is 1.84. The largest absolute Gasteiger partial charge is 0.474 e. The number of para-hydroxylation sites is 1. The van der Waals surface area contributed by atoms with Gasteiger partial charge in [-0.1, -0.05) is 78.9 Å². The second kappa shape index (κ2) is 5.29. The predicted molar refractivity (Wildman–Crippen MR) is 97.9 cm³/mol. The van der Waals surface area contributed by atoms with Crippen molar-refractivity contribution in [2.45, 2.75) is 23.5 Å². The average Bonchev–Trinajstić information content (AvgIpc) is 2.85. The van der Waals surface area contributed by atoms with Crippen LogP contribution in [0.2, 0.25) is 0 Å². The normalized spacial score (nSPS) is 29.1. The Hall–Kier alpha value is -2.91. The molecule has 0 spiro atoms. The topological polar surface area (TPSA) is 46.5 Å². The summed E-state index contributed by atoms with van der Waals surface area (Å²) in [4.78, 5) is 13.6. The molecule has 1 unspecified atom stereocenters. The van der Waals surface area contributed by atoms with Gasteiger partial charge in [-0.25, -0.2) is 0 Å². The Labute approximate surface area is 151 Å². The van der Waals surface area contributed by atoms with Crippen molar-refractivity contribution in [3.8, 4) is 5.75 Å². The summed E-state index contributed by atoms with van der Waals surface area (Å²) in [5.41, 5.74) is -0.413. The molecule has 3 aromatic rings. The monoisotopic (exact) mass is 342 g/mol. The number of hydrogen-bond donors (Lipinski definition) is 1. The number of benzene rings is 3. The van der Waals surface area contributed by atoms with Crippen molar-refractivity contribution in [1.82, 2.24) is 0 Å². The minimum absolute atomic E-state index is 0.268. The molecule has 1 aliphatic heterocycles. The zero-order chi connectivity index (χ0) is 17.8. The number of carbonyl (C=O) groups is 1. The fourth-order valence-electron chi connectivity index (χ4n) is 4.53. The van der Waals surface area contributed by atoms with E-state index in [0.717, 1.165) is 11.1 Å². The first-order valence-electron chi connectivity index (χ1n) is 8.82. The maximum absolute atomic E-state index is 13.6. The zero-order valence-electron chi connectivity index (χ0n) is 14.1. The first-order valence-corrected chi connectivity index (χ1v) is 8.82. The van der Waals surface area contributed by atoms with E-state index in [-0.39, 0.29) is 11.7 Å². The van der Waals surface area contributed by atoms with Gasteiger partial charge in [0.2, 0.25) is 11.4 Å². The summed E-state index contributed by atoms with van der Waals surface area (Å²) in [6.07, 6.45) is 0.307. The molecule has 5 rings (SSSR count). The Morgan fingerprint density at radius 1 is 0.846 bits per heavy atom. The summed E-state index contributed by atoms with van der Waals surface area (Å²) in [5, 5.41) is 11.5. The standard InChI is InChI=1S/C23H18O3/c24-21-22(25)15-19(16-9-3-1-4-10-16)23(21,17-11-5-2-6-12-17)26-20-14-8-7-13-18(20)22/h1-14,19,25H,15H2/t19-,22+,23?/m0/s1. The Kier molecular flexibility index (Phi) is 3.12. The highest BCUT2D eigenvalue weighted by Gasteiger charge is 2.68. The van der Waals surface area contributed by atoms with Crippen LogP contribution in [0.15, 0.2) is 84.9 Å². The van der Waals surface area contributed by atoms with Crippen LogP contribution in [0.5, 0.6) is 5.75 Å². The lowest BCUT2D eigenvalue weighted by Crippen LogP contribution is -2.50. The molecular formula is C23H18O3. The van der Waals surface area contributed by atoms with E-state index in [9.17, 15) is 9.90 Å². The Morgan fingerprint density at radius 3 is 2.19 bits per heavy atom. The Balaban J connectivity index is 1.81. The van der Waals surface area contributed by atoms with Gasteiger partial charge < -0.3 is 9.84 Å². The van der Waals surface area contributed by atoms with E-state index in [4.69, 9.17) is 4.74 Å². The van der Waals surface area contributed by atoms with Gasteiger partial charge in [0, 0.05) is 17.0 Å². The van der Waals surface area contributed by atoms with Crippen LogP contribution in [-0.4, -0.2) is 10.9 Å². The van der Waals surface area contributed by atoms with E-state index in [1.807, 2.05) is 78.9 Å². The van der Waals surface area contributed by atoms with Crippen LogP contribution >= 0.6 is 0 Å². The van der Waals surface area contributed by atoms with Crippen molar-refractivity contribution in [2.24, 2.45) is 0 Å². The van der Waals surface area contributed by atoms with Crippen LogP contribution in [0, 0.1) is 0 Å². The molecular weight excluding hydrogens is 324 g/mol. The van der Waals surface area contributed by atoms with Gasteiger partial charge in [0.25, 0.3) is 0 Å². The molecule has 2 bridgehead atoms. The van der Waals surface area contributed by atoms with Gasteiger partial charge >= 0.3 is 0 Å². The molecule has 26 heavy (non-hydrogen) atoms. The lowest BCUT2D eigenvalue weighted by molar-refractivity contribution is -0.151. The molecule has 0 saturated heterocycles. The molecule has 1 fully saturated rings. The quantitative estimate of drug-likeness (QED) is 0.768. The summed E-state index contributed by atoms with van der Waals surface area (Å²) in [6, 6.07) is 26.7. The van der Waals surface area contributed by atoms with E-state index in [0.29, 0.717) is 17.7 Å². The van der Waals surface area contributed by atoms with Crippen molar-refractivity contribution in [3.63, 3.8) is 0 Å². The van der Waals surface area contributed by atoms with E-state index < -0.39 is 11.2 Å². The molecule has 3 heteroatoms. The summed E-state index contributed by atoms with van der Waals surface area (Å²) >= 11 is 0. The van der Waals surface area contributed by atoms with Crippen molar-refractivity contribution >= 4 is 5.78 Å². The van der Waals surface area contributed by atoms with Gasteiger partial charge in [-0.15, -0.1) is 0 Å². The number of ether oxygens (including phenoxy) is 1. The lowest BCUT2D eigenvalue weighted by Gasteiger charge is -2.39. The molecule has 1 aliphatic carbocycles. The third-order valence-corrected chi connectivity index (χ3v) is 5.71. The minimum atomic E-state index is -1.54. The number of carbonyl (C=O) groups excluding carboxylic acids is 1. The van der Waals surface area contributed by atoms with Gasteiger partial charge in [-0.2, -0.15) is 0 Å². The fourth-order valence-corrected chi connectivity index (χ4v) is 4.53. The Morgan fingerprint density at radius 2 is 1.46 bits per heavy atom. The Bertz CT molecular complexity index is 983. The molecule has 0 radical (unpaired) electrons. The molecule has 3 atom stereocenters. The molecule has 0 aromatic heterocycles. The zero-order valence-corrected chi connectivity index (χ0v) is 14.1. The molecule has 3 aromatic carbocycles. The highest BCUT2D eigenvalue weighted by molar-refractivity contribution is 6.02. The number of hydrogen-bond acceptors (Lipinski definition) is 3. The van der Waals surface area contributed by atoms with Crippen molar-refractivity contribution < 1.29 is 14.6 Å². The minimum Gasteiger partial charge on any atom is -0.474 e.